The normalized spacial score (nSPS) is 15.1. The minimum absolute atomic E-state index is 0.197. The standard InChI is InChI=1S/C20H21N3O6/c1-4-11(2)17(23-18(25)13-7-5-6-8-14(13)19(23)26)20(27)28-10-16(24)21-15-9-12(3)29-22-15/h5-9,11,17H,4,10H2,1-3H3,(H,21,22,24)/t11-,17-/m0/s1. The highest BCUT2D eigenvalue weighted by molar-refractivity contribution is 6.22. The summed E-state index contributed by atoms with van der Waals surface area (Å²) in [5.74, 6) is -2.17. The number of nitrogens with one attached hydrogen (secondary N) is 1. The first-order valence-electron chi connectivity index (χ1n) is 9.20. The van der Waals surface area contributed by atoms with Crippen LogP contribution < -0.4 is 5.32 Å². The maximum Gasteiger partial charge on any atom is 0.330 e. The summed E-state index contributed by atoms with van der Waals surface area (Å²) in [6.45, 7) is 4.67. The Kier molecular flexibility index (Phi) is 5.76. The van der Waals surface area contributed by atoms with E-state index in [1.54, 1.807) is 38.1 Å². The van der Waals surface area contributed by atoms with Crippen LogP contribution in [0.4, 0.5) is 5.82 Å². The Balaban J connectivity index is 1.72. The monoisotopic (exact) mass is 399 g/mol. The van der Waals surface area contributed by atoms with Crippen molar-refractivity contribution in [3.05, 3.63) is 47.2 Å². The van der Waals surface area contributed by atoms with Gasteiger partial charge in [0.05, 0.1) is 11.1 Å². The molecule has 9 nitrogen and oxygen atoms in total. The zero-order chi connectivity index (χ0) is 21.1. The number of anilines is 1. The maximum atomic E-state index is 12.8. The van der Waals surface area contributed by atoms with Crippen molar-refractivity contribution in [2.45, 2.75) is 33.2 Å². The van der Waals surface area contributed by atoms with Gasteiger partial charge in [-0.15, -0.1) is 0 Å². The van der Waals surface area contributed by atoms with Crippen molar-refractivity contribution in [2.75, 3.05) is 11.9 Å². The van der Waals surface area contributed by atoms with Gasteiger partial charge in [-0.25, -0.2) is 4.79 Å². The molecule has 1 aliphatic heterocycles. The van der Waals surface area contributed by atoms with Gasteiger partial charge < -0.3 is 14.6 Å². The summed E-state index contributed by atoms with van der Waals surface area (Å²) < 4.78 is 9.96. The third-order valence-corrected chi connectivity index (χ3v) is 4.77. The van der Waals surface area contributed by atoms with Crippen LogP contribution in [0.2, 0.25) is 0 Å². The summed E-state index contributed by atoms with van der Waals surface area (Å²) in [4.78, 5) is 51.2. The number of fused-ring (bicyclic) bond motifs is 1. The molecule has 0 aliphatic carbocycles. The topological polar surface area (TPSA) is 119 Å². The number of carbonyl (C=O) groups excluding carboxylic acids is 4. The minimum atomic E-state index is -1.13. The highest BCUT2D eigenvalue weighted by Crippen LogP contribution is 2.28. The number of esters is 1. The fraction of sp³-hybridized carbons (Fsp3) is 0.350. The highest BCUT2D eigenvalue weighted by Gasteiger charge is 2.45. The fourth-order valence-electron chi connectivity index (χ4n) is 3.10. The van der Waals surface area contributed by atoms with Gasteiger partial charge in [0, 0.05) is 6.07 Å². The van der Waals surface area contributed by atoms with Gasteiger partial charge >= 0.3 is 5.97 Å². The number of hydrogen-bond acceptors (Lipinski definition) is 7. The summed E-state index contributed by atoms with van der Waals surface area (Å²) >= 11 is 0. The number of amides is 3. The van der Waals surface area contributed by atoms with Crippen molar-refractivity contribution in [3.8, 4) is 0 Å². The van der Waals surface area contributed by atoms with Gasteiger partial charge in [-0.1, -0.05) is 37.6 Å². The summed E-state index contributed by atoms with van der Waals surface area (Å²) in [7, 11) is 0. The Labute approximate surface area is 167 Å². The average Bonchev–Trinajstić information content (AvgIpc) is 3.22. The zero-order valence-electron chi connectivity index (χ0n) is 16.3. The molecule has 1 N–H and O–H groups in total. The van der Waals surface area contributed by atoms with Gasteiger partial charge in [0.1, 0.15) is 11.8 Å². The Morgan fingerprint density at radius 1 is 1.21 bits per heavy atom. The Morgan fingerprint density at radius 3 is 2.34 bits per heavy atom. The van der Waals surface area contributed by atoms with Crippen LogP contribution in [0, 0.1) is 12.8 Å². The van der Waals surface area contributed by atoms with Gasteiger partial charge in [-0.3, -0.25) is 19.3 Å². The van der Waals surface area contributed by atoms with E-state index < -0.39 is 36.3 Å². The predicted octanol–water partition coefficient (Wildman–Crippen LogP) is 2.18. The largest absolute Gasteiger partial charge is 0.454 e. The second-order valence-electron chi connectivity index (χ2n) is 6.83. The first-order valence-corrected chi connectivity index (χ1v) is 9.20. The van der Waals surface area contributed by atoms with E-state index in [2.05, 4.69) is 10.5 Å². The molecule has 0 bridgehead atoms. The first kappa shape index (κ1) is 20.2. The third-order valence-electron chi connectivity index (χ3n) is 4.77. The SMILES string of the molecule is CC[C@H](C)[C@@H](C(=O)OCC(=O)Nc1cc(C)on1)N1C(=O)c2ccccc2C1=O. The molecule has 2 aromatic rings. The molecule has 9 heteroatoms. The molecule has 29 heavy (non-hydrogen) atoms. The maximum absolute atomic E-state index is 12.8. The van der Waals surface area contributed by atoms with E-state index in [4.69, 9.17) is 9.26 Å². The van der Waals surface area contributed by atoms with Crippen LogP contribution >= 0.6 is 0 Å². The van der Waals surface area contributed by atoms with Crippen LogP contribution in [-0.4, -0.2) is 46.4 Å². The smallest absolute Gasteiger partial charge is 0.330 e. The van der Waals surface area contributed by atoms with E-state index in [1.165, 1.54) is 6.07 Å². The number of aryl methyl sites for hydroxylation is 1. The lowest BCUT2D eigenvalue weighted by molar-refractivity contribution is -0.152. The van der Waals surface area contributed by atoms with Crippen LogP contribution in [0.1, 0.15) is 46.7 Å². The van der Waals surface area contributed by atoms with Crippen molar-refractivity contribution in [1.82, 2.24) is 10.1 Å². The van der Waals surface area contributed by atoms with E-state index in [9.17, 15) is 19.2 Å². The number of ether oxygens (including phenoxy) is 1. The molecule has 0 unspecified atom stereocenters. The molecule has 2 heterocycles. The lowest BCUT2D eigenvalue weighted by atomic mass is 9.97. The van der Waals surface area contributed by atoms with Crippen molar-refractivity contribution in [1.29, 1.82) is 0 Å². The number of carbonyl (C=O) groups is 4. The molecule has 0 fully saturated rings. The van der Waals surface area contributed by atoms with E-state index in [-0.39, 0.29) is 22.9 Å². The Bertz CT molecular complexity index is 932. The van der Waals surface area contributed by atoms with Crippen molar-refractivity contribution < 1.29 is 28.4 Å². The van der Waals surface area contributed by atoms with E-state index in [0.717, 1.165) is 4.90 Å². The lowest BCUT2D eigenvalue weighted by Gasteiger charge is -2.28. The molecule has 1 aliphatic rings. The molecule has 0 saturated carbocycles. The first-order chi connectivity index (χ1) is 13.8. The summed E-state index contributed by atoms with van der Waals surface area (Å²) in [6, 6.07) is 6.78. The molecular weight excluding hydrogens is 378 g/mol. The van der Waals surface area contributed by atoms with Crippen molar-refractivity contribution in [3.63, 3.8) is 0 Å². The molecule has 3 amide bonds. The number of benzene rings is 1. The van der Waals surface area contributed by atoms with Gasteiger partial charge in [-0.2, -0.15) is 0 Å². The van der Waals surface area contributed by atoms with E-state index in [1.807, 2.05) is 6.92 Å². The minimum Gasteiger partial charge on any atom is -0.454 e. The Hall–Kier alpha value is -3.49. The predicted molar refractivity (Wildman–Crippen MR) is 101 cm³/mol. The molecule has 152 valence electrons. The third kappa shape index (κ3) is 4.03. The fourth-order valence-corrected chi connectivity index (χ4v) is 3.10. The van der Waals surface area contributed by atoms with Crippen LogP contribution in [0.3, 0.4) is 0 Å². The lowest BCUT2D eigenvalue weighted by Crippen LogP contribution is -2.49. The molecule has 3 rings (SSSR count). The number of rotatable bonds is 7. The van der Waals surface area contributed by atoms with E-state index >= 15 is 0 Å². The summed E-state index contributed by atoms with van der Waals surface area (Å²) in [5.41, 5.74) is 0.496. The second kappa shape index (κ2) is 8.26. The van der Waals surface area contributed by atoms with E-state index in [0.29, 0.717) is 12.2 Å². The molecule has 0 spiro atoms. The Morgan fingerprint density at radius 2 is 1.83 bits per heavy atom. The molecule has 0 radical (unpaired) electrons. The summed E-state index contributed by atoms with van der Waals surface area (Å²) in [5, 5.41) is 6.05. The van der Waals surface area contributed by atoms with Gasteiger partial charge in [0.25, 0.3) is 17.7 Å². The van der Waals surface area contributed by atoms with Crippen molar-refractivity contribution >= 4 is 29.5 Å². The van der Waals surface area contributed by atoms with Crippen LogP contribution in [0.25, 0.3) is 0 Å². The quantitative estimate of drug-likeness (QED) is 0.560. The molecule has 1 aromatic carbocycles. The van der Waals surface area contributed by atoms with Crippen LogP contribution in [0.15, 0.2) is 34.9 Å². The number of hydrogen-bond donors (Lipinski definition) is 1. The summed E-state index contributed by atoms with van der Waals surface area (Å²) in [6.07, 6.45) is 0.525. The van der Waals surface area contributed by atoms with Gasteiger partial charge in [-0.05, 0) is 25.0 Å². The second-order valence-corrected chi connectivity index (χ2v) is 6.83. The number of imide groups is 1. The molecule has 0 saturated heterocycles. The number of nitrogens with zero attached hydrogens (tertiary/aromatic N) is 2. The van der Waals surface area contributed by atoms with Crippen LogP contribution in [-0.2, 0) is 14.3 Å². The van der Waals surface area contributed by atoms with Crippen molar-refractivity contribution in [2.24, 2.45) is 5.92 Å². The average molecular weight is 399 g/mol. The zero-order valence-corrected chi connectivity index (χ0v) is 16.3. The molecule has 1 aromatic heterocycles. The molecule has 2 atom stereocenters. The van der Waals surface area contributed by atoms with Crippen LogP contribution in [0.5, 0.6) is 0 Å². The van der Waals surface area contributed by atoms with Gasteiger partial charge in [0.15, 0.2) is 12.4 Å². The molecular formula is C20H21N3O6. The van der Waals surface area contributed by atoms with Gasteiger partial charge in [0.2, 0.25) is 0 Å². The highest BCUT2D eigenvalue weighted by atomic mass is 16.5. The number of aromatic nitrogens is 1.